The summed E-state index contributed by atoms with van der Waals surface area (Å²) in [6, 6.07) is 9.37. The van der Waals surface area contributed by atoms with Crippen molar-refractivity contribution in [1.29, 1.82) is 0 Å². The quantitative estimate of drug-likeness (QED) is 0.133. The van der Waals surface area contributed by atoms with Gasteiger partial charge in [0.1, 0.15) is 11.4 Å². The molecule has 1 unspecified atom stereocenters. The third kappa shape index (κ3) is 10.1. The molecule has 1 aliphatic carbocycles. The molecule has 2 amide bonds. The van der Waals surface area contributed by atoms with Gasteiger partial charge in [0.05, 0.1) is 17.2 Å². The highest BCUT2D eigenvalue weighted by atomic mass is 19.4. The minimum absolute atomic E-state index is 0.0225. The maximum absolute atomic E-state index is 13.3. The molecule has 3 aromatic carbocycles. The number of fused-ring (bicyclic) bond motifs is 1. The Balaban J connectivity index is 1.49. The molecule has 0 radical (unpaired) electrons. The van der Waals surface area contributed by atoms with Gasteiger partial charge in [-0.05, 0) is 92.3 Å². The second-order valence-corrected chi connectivity index (χ2v) is 12.6. The van der Waals surface area contributed by atoms with Crippen molar-refractivity contribution >= 4 is 35.2 Å². The Labute approximate surface area is 277 Å². The zero-order valence-electron chi connectivity index (χ0n) is 26.8. The van der Waals surface area contributed by atoms with Crippen LogP contribution >= 0.6 is 0 Å². The van der Waals surface area contributed by atoms with E-state index in [0.717, 1.165) is 17.2 Å². The molecule has 4 rings (SSSR count). The molecule has 0 fully saturated rings. The van der Waals surface area contributed by atoms with Gasteiger partial charge >= 0.3 is 18.4 Å². The smallest absolute Gasteiger partial charge is 0.416 e. The molecule has 0 aromatic heterocycles. The van der Waals surface area contributed by atoms with Gasteiger partial charge in [-0.1, -0.05) is 30.3 Å². The molecule has 0 spiro atoms. The summed E-state index contributed by atoms with van der Waals surface area (Å²) in [5.41, 5.74) is 4.01. The van der Waals surface area contributed by atoms with Crippen molar-refractivity contribution in [3.05, 3.63) is 99.9 Å². The van der Waals surface area contributed by atoms with Crippen LogP contribution in [0.1, 0.15) is 73.0 Å². The summed E-state index contributed by atoms with van der Waals surface area (Å²) in [7, 11) is 0. The van der Waals surface area contributed by atoms with E-state index in [1.54, 1.807) is 39.0 Å². The fourth-order valence-corrected chi connectivity index (χ4v) is 5.37. The number of alkyl halides is 6. The fourth-order valence-electron chi connectivity index (χ4n) is 5.37. The summed E-state index contributed by atoms with van der Waals surface area (Å²) in [5.74, 6) is -1.68. The third-order valence-electron chi connectivity index (χ3n) is 7.60. The normalized spacial score (nSPS) is 14.9. The number of benzene rings is 3. The topological polar surface area (TPSA) is 102 Å². The first-order valence-electron chi connectivity index (χ1n) is 15.2. The number of hydrogen-bond donors (Lipinski definition) is 2. The molecular weight excluding hydrogens is 659 g/mol. The Morgan fingerprint density at radius 3 is 2.18 bits per heavy atom. The average molecular weight is 694 g/mol. The van der Waals surface area contributed by atoms with E-state index in [4.69, 9.17) is 10.5 Å². The number of aryl methyl sites for hydroxylation is 1. The largest absolute Gasteiger partial charge is 0.444 e. The van der Waals surface area contributed by atoms with Crippen molar-refractivity contribution in [2.45, 2.75) is 70.4 Å². The first-order chi connectivity index (χ1) is 22.7. The Bertz CT molecular complexity index is 1730. The molecule has 0 saturated heterocycles. The molecule has 49 heavy (non-hydrogen) atoms. The van der Waals surface area contributed by atoms with E-state index in [1.165, 1.54) is 23.1 Å². The average Bonchev–Trinajstić information content (AvgIpc) is 3.38. The monoisotopic (exact) mass is 693 g/mol. The van der Waals surface area contributed by atoms with Gasteiger partial charge in [-0.2, -0.15) is 26.3 Å². The van der Waals surface area contributed by atoms with E-state index in [2.05, 4.69) is 5.32 Å². The van der Waals surface area contributed by atoms with Crippen LogP contribution in [0.15, 0.2) is 60.7 Å². The lowest BCUT2D eigenvalue weighted by atomic mass is 10.0. The predicted octanol–water partition coefficient (Wildman–Crippen LogP) is 8.52. The van der Waals surface area contributed by atoms with Gasteiger partial charge in [0, 0.05) is 30.8 Å². The van der Waals surface area contributed by atoms with Crippen LogP contribution in [0, 0.1) is 5.82 Å². The number of nitrogen functional groups attached to an aromatic ring is 1. The van der Waals surface area contributed by atoms with Crippen molar-refractivity contribution in [2.75, 3.05) is 17.6 Å². The molecule has 1 aliphatic rings. The lowest BCUT2D eigenvalue weighted by Crippen LogP contribution is -2.40. The van der Waals surface area contributed by atoms with E-state index in [9.17, 15) is 45.1 Å². The van der Waals surface area contributed by atoms with Crippen LogP contribution in [0.25, 0.3) is 6.08 Å². The Hall–Kier alpha value is -4.88. The van der Waals surface area contributed by atoms with Crippen molar-refractivity contribution in [3.8, 4) is 0 Å². The highest BCUT2D eigenvalue weighted by molar-refractivity contribution is 5.95. The van der Waals surface area contributed by atoms with Crippen LogP contribution in [0.3, 0.4) is 0 Å². The van der Waals surface area contributed by atoms with Crippen LogP contribution in [0.4, 0.5) is 46.9 Å². The molecule has 262 valence electrons. The number of carbonyl (C=O) groups is 3. The molecule has 0 heterocycles. The first-order valence-corrected chi connectivity index (χ1v) is 15.2. The number of nitrogens with one attached hydrogen (secondary N) is 1. The Morgan fingerprint density at radius 2 is 1.59 bits per heavy atom. The van der Waals surface area contributed by atoms with Gasteiger partial charge in [-0.3, -0.25) is 9.59 Å². The zero-order chi connectivity index (χ0) is 36.3. The molecular formula is C35H34F7N3O4. The van der Waals surface area contributed by atoms with Crippen molar-refractivity contribution < 1.29 is 49.9 Å². The molecule has 7 nitrogen and oxygen atoms in total. The van der Waals surface area contributed by atoms with Gasteiger partial charge < -0.3 is 20.7 Å². The number of amides is 2. The molecule has 3 N–H and O–H groups in total. The second-order valence-electron chi connectivity index (χ2n) is 12.6. The van der Waals surface area contributed by atoms with Gasteiger partial charge in [0.15, 0.2) is 5.78 Å². The van der Waals surface area contributed by atoms with Gasteiger partial charge in [0.25, 0.3) is 0 Å². The molecule has 0 saturated carbocycles. The summed E-state index contributed by atoms with van der Waals surface area (Å²) < 4.78 is 98.6. The number of nitrogens with two attached hydrogens (primary N) is 1. The summed E-state index contributed by atoms with van der Waals surface area (Å²) in [6.45, 7) is 4.69. The lowest BCUT2D eigenvalue weighted by Gasteiger charge is -2.32. The van der Waals surface area contributed by atoms with Crippen LogP contribution in [0.5, 0.6) is 0 Å². The zero-order valence-corrected chi connectivity index (χ0v) is 26.8. The van der Waals surface area contributed by atoms with Gasteiger partial charge in [0.2, 0.25) is 5.91 Å². The number of ether oxygens (including phenoxy) is 1. The summed E-state index contributed by atoms with van der Waals surface area (Å²) in [6.07, 6.45) is -7.45. The number of hydrogen-bond acceptors (Lipinski definition) is 5. The van der Waals surface area contributed by atoms with Crippen molar-refractivity contribution in [1.82, 2.24) is 4.90 Å². The molecule has 3 aromatic rings. The van der Waals surface area contributed by atoms with E-state index in [0.29, 0.717) is 36.1 Å². The fraction of sp³-hybridized carbons (Fsp3) is 0.343. The SMILES string of the molecule is CC(C)(C)OC(=O)N(CCC(=O)Nc1cc(C(F)(F)F)cc(C(F)(F)F)c1)C1CCc2cc(/C=C/C(=O)Cc3ccc(F)cc3N)ccc21. The molecule has 0 bridgehead atoms. The van der Waals surface area contributed by atoms with Crippen LogP contribution in [-0.4, -0.2) is 34.8 Å². The predicted molar refractivity (Wildman–Crippen MR) is 169 cm³/mol. The van der Waals surface area contributed by atoms with E-state index in [1.807, 2.05) is 6.07 Å². The highest BCUT2D eigenvalue weighted by Crippen LogP contribution is 2.39. The number of carbonyl (C=O) groups excluding carboxylic acids is 3. The minimum atomic E-state index is -5.09. The molecule has 0 aliphatic heterocycles. The molecule has 1 atom stereocenters. The van der Waals surface area contributed by atoms with Crippen molar-refractivity contribution in [3.63, 3.8) is 0 Å². The van der Waals surface area contributed by atoms with E-state index < -0.39 is 65.0 Å². The number of halogens is 7. The number of ketones is 1. The Morgan fingerprint density at radius 1 is 0.939 bits per heavy atom. The second kappa shape index (κ2) is 14.3. The minimum Gasteiger partial charge on any atom is -0.444 e. The number of allylic oxidation sites excluding steroid dienone is 1. The van der Waals surface area contributed by atoms with E-state index in [-0.39, 0.29) is 30.5 Å². The standard InChI is InChI=1S/C35H34F7N3O4/c1-33(2,3)49-32(48)45(13-12-31(47)44-26-17-23(34(37,38)39)16-24(18-26)35(40,41)42)30-11-7-21-14-20(5-10-28(21)30)4-9-27(46)15-22-6-8-25(36)19-29(22)43/h4-6,8-10,14,16-19,30H,7,11-13,15,43H2,1-3H3,(H,44,47)/b9-4+. The van der Waals surface area contributed by atoms with Crippen molar-refractivity contribution in [2.24, 2.45) is 0 Å². The van der Waals surface area contributed by atoms with Gasteiger partial charge in [-0.25, -0.2) is 9.18 Å². The van der Waals surface area contributed by atoms with Crippen LogP contribution in [0.2, 0.25) is 0 Å². The number of rotatable bonds is 9. The molecule has 14 heteroatoms. The van der Waals surface area contributed by atoms with Crippen LogP contribution in [-0.2, 0) is 39.5 Å². The highest BCUT2D eigenvalue weighted by Gasteiger charge is 2.38. The summed E-state index contributed by atoms with van der Waals surface area (Å²) >= 11 is 0. The van der Waals surface area contributed by atoms with E-state index >= 15 is 0 Å². The Kier molecular flexibility index (Phi) is 10.8. The number of nitrogens with zero attached hydrogens (tertiary/aromatic N) is 1. The maximum Gasteiger partial charge on any atom is 0.416 e. The van der Waals surface area contributed by atoms with Gasteiger partial charge in [-0.15, -0.1) is 0 Å². The number of anilines is 2. The van der Waals surface area contributed by atoms with Crippen LogP contribution < -0.4 is 11.1 Å². The third-order valence-corrected chi connectivity index (χ3v) is 7.60. The summed E-state index contributed by atoms with van der Waals surface area (Å²) in [5, 5.41) is 2.09. The maximum atomic E-state index is 13.3. The lowest BCUT2D eigenvalue weighted by molar-refractivity contribution is -0.143. The first kappa shape index (κ1) is 36.9. The summed E-state index contributed by atoms with van der Waals surface area (Å²) in [4.78, 5) is 40.0.